The van der Waals surface area contributed by atoms with Gasteiger partial charge in [0.15, 0.2) is 9.84 Å². The lowest BCUT2D eigenvalue weighted by Crippen LogP contribution is -2.48. The van der Waals surface area contributed by atoms with E-state index >= 15 is 0 Å². The molecule has 4 rings (SSSR count). The van der Waals surface area contributed by atoms with Crippen molar-refractivity contribution < 1.29 is 18.0 Å². The number of sulfone groups is 1. The van der Waals surface area contributed by atoms with Crippen LogP contribution in [0.2, 0.25) is 0 Å². The third-order valence-corrected chi connectivity index (χ3v) is 8.16. The minimum Gasteiger partial charge on any atom is -0.361 e. The molecule has 3 aliphatic rings. The molecule has 30 heavy (non-hydrogen) atoms. The molecule has 0 spiro atoms. The molecule has 0 N–H and O–H groups in total. The Balaban J connectivity index is 1.28. The van der Waals surface area contributed by atoms with Crippen molar-refractivity contribution in [3.63, 3.8) is 0 Å². The van der Waals surface area contributed by atoms with E-state index < -0.39 is 9.84 Å². The fraction of sp³-hybridized carbons (Fsp3) is 0.500. The number of carbonyl (C=O) groups is 2. The van der Waals surface area contributed by atoms with Gasteiger partial charge in [-0.05, 0) is 37.1 Å². The number of fused-ring (bicyclic) bond motifs is 1. The Kier molecular flexibility index (Phi) is 5.80. The van der Waals surface area contributed by atoms with Gasteiger partial charge >= 0.3 is 0 Å². The molecule has 2 saturated heterocycles. The van der Waals surface area contributed by atoms with Crippen molar-refractivity contribution in [2.75, 3.05) is 39.2 Å². The Morgan fingerprint density at radius 1 is 1.13 bits per heavy atom. The molecule has 2 amide bonds. The highest BCUT2D eigenvalue weighted by atomic mass is 79.9. The lowest BCUT2D eigenvalue weighted by Gasteiger charge is -2.36. The maximum absolute atomic E-state index is 12.7. The summed E-state index contributed by atoms with van der Waals surface area (Å²) in [6, 6.07) is 6.56. The number of rotatable bonds is 5. The van der Waals surface area contributed by atoms with Gasteiger partial charge in [0.05, 0.1) is 24.0 Å². The minimum atomic E-state index is -3.49. The molecule has 0 aliphatic carbocycles. The van der Waals surface area contributed by atoms with E-state index in [4.69, 9.17) is 0 Å². The summed E-state index contributed by atoms with van der Waals surface area (Å²) < 4.78 is 25.7. The van der Waals surface area contributed by atoms with E-state index in [0.717, 1.165) is 16.8 Å². The Morgan fingerprint density at radius 2 is 1.80 bits per heavy atom. The van der Waals surface area contributed by atoms with Gasteiger partial charge in [0.2, 0.25) is 5.91 Å². The Hall–Kier alpha value is -2.07. The molecule has 0 atom stereocenters. The van der Waals surface area contributed by atoms with Gasteiger partial charge in [-0.2, -0.15) is 0 Å². The van der Waals surface area contributed by atoms with E-state index in [1.54, 1.807) is 29.2 Å². The summed E-state index contributed by atoms with van der Waals surface area (Å²) >= 11 is 3.29. The summed E-state index contributed by atoms with van der Waals surface area (Å²) in [5.74, 6) is -0.286. The van der Waals surface area contributed by atoms with Gasteiger partial charge in [-0.25, -0.2) is 8.42 Å². The molecule has 8 nitrogen and oxygen atoms in total. The Morgan fingerprint density at radius 3 is 2.43 bits per heavy atom. The number of carbonyl (C=O) groups excluding carboxylic acids is 2. The third kappa shape index (κ3) is 4.20. The van der Waals surface area contributed by atoms with Crippen LogP contribution in [-0.4, -0.2) is 85.1 Å². The monoisotopic (exact) mass is 496 g/mol. The third-order valence-electron chi connectivity index (χ3n) is 5.90. The van der Waals surface area contributed by atoms with Crippen molar-refractivity contribution in [3.05, 3.63) is 40.6 Å². The van der Waals surface area contributed by atoms with Gasteiger partial charge in [-0.15, -0.1) is 0 Å². The zero-order valence-corrected chi connectivity index (χ0v) is 19.2. The van der Waals surface area contributed by atoms with Crippen LogP contribution in [0.5, 0.6) is 0 Å². The normalized spacial score (nSPS) is 20.1. The molecule has 0 aromatic heterocycles. The molecule has 1 aromatic rings. The van der Waals surface area contributed by atoms with E-state index in [2.05, 4.69) is 20.8 Å². The maximum Gasteiger partial charge on any atom is 0.273 e. The summed E-state index contributed by atoms with van der Waals surface area (Å²) in [4.78, 5) is 33.1. The SMILES string of the molecule is CN1C=C2C(=O)N(C3CCN(C(=O)CCS(=O)(=O)c4ccc(Br)cc4)CC3)CN2C1. The molecule has 162 valence electrons. The molecule has 0 bridgehead atoms. The average molecular weight is 497 g/mol. The number of benzene rings is 1. The number of nitrogens with zero attached hydrogens (tertiary/aromatic N) is 4. The quantitative estimate of drug-likeness (QED) is 0.613. The lowest BCUT2D eigenvalue weighted by molar-refractivity contribution is -0.133. The summed E-state index contributed by atoms with van der Waals surface area (Å²) in [7, 11) is -1.54. The summed E-state index contributed by atoms with van der Waals surface area (Å²) in [5.41, 5.74) is 0.745. The number of likely N-dealkylation sites (tertiary alicyclic amines) is 1. The van der Waals surface area contributed by atoms with Crippen LogP contribution < -0.4 is 0 Å². The first-order valence-electron chi connectivity index (χ1n) is 9.99. The average Bonchev–Trinajstić information content (AvgIpc) is 3.24. The maximum atomic E-state index is 12.7. The summed E-state index contributed by atoms with van der Waals surface area (Å²) in [5, 5.41) is 0. The Bertz CT molecular complexity index is 971. The predicted octanol–water partition coefficient (Wildman–Crippen LogP) is 1.45. The molecule has 0 saturated carbocycles. The molecule has 0 radical (unpaired) electrons. The van der Waals surface area contributed by atoms with Crippen molar-refractivity contribution in [2.24, 2.45) is 0 Å². The number of hydrogen-bond donors (Lipinski definition) is 0. The van der Waals surface area contributed by atoms with Crippen LogP contribution in [0.3, 0.4) is 0 Å². The second kappa shape index (κ2) is 8.22. The van der Waals surface area contributed by atoms with E-state index in [1.165, 1.54) is 0 Å². The number of amides is 2. The van der Waals surface area contributed by atoms with Crippen LogP contribution in [0.1, 0.15) is 19.3 Å². The van der Waals surface area contributed by atoms with Crippen LogP contribution >= 0.6 is 15.9 Å². The van der Waals surface area contributed by atoms with Gasteiger partial charge in [0, 0.05) is 43.3 Å². The molecule has 3 heterocycles. The standard InChI is InChI=1S/C20H25BrN4O4S/c1-22-12-18-20(27)25(14-24(18)13-22)16-6-9-23(10-7-16)19(26)8-11-30(28,29)17-4-2-15(21)3-5-17/h2-5,12,16H,6-11,13-14H2,1H3. The molecule has 10 heteroatoms. The zero-order valence-electron chi connectivity index (χ0n) is 16.8. The van der Waals surface area contributed by atoms with Crippen molar-refractivity contribution in [2.45, 2.75) is 30.2 Å². The van der Waals surface area contributed by atoms with Crippen LogP contribution in [0.15, 0.2) is 45.5 Å². The van der Waals surface area contributed by atoms with E-state index in [0.29, 0.717) is 32.6 Å². The predicted molar refractivity (Wildman–Crippen MR) is 115 cm³/mol. The fourth-order valence-corrected chi connectivity index (χ4v) is 5.73. The topological polar surface area (TPSA) is 81.2 Å². The van der Waals surface area contributed by atoms with E-state index in [-0.39, 0.29) is 34.9 Å². The van der Waals surface area contributed by atoms with Crippen molar-refractivity contribution in [3.8, 4) is 0 Å². The van der Waals surface area contributed by atoms with Crippen LogP contribution in [0.4, 0.5) is 0 Å². The molecule has 0 unspecified atom stereocenters. The van der Waals surface area contributed by atoms with Gasteiger partial charge in [-0.1, -0.05) is 15.9 Å². The molecule has 3 aliphatic heterocycles. The zero-order chi connectivity index (χ0) is 21.5. The fourth-order valence-electron chi connectivity index (χ4n) is 4.23. The van der Waals surface area contributed by atoms with Crippen molar-refractivity contribution in [1.82, 2.24) is 19.6 Å². The summed E-state index contributed by atoms with van der Waals surface area (Å²) in [6.07, 6.45) is 3.29. The van der Waals surface area contributed by atoms with Gasteiger partial charge in [-0.3, -0.25) is 9.59 Å². The number of piperidine rings is 1. The smallest absolute Gasteiger partial charge is 0.273 e. The second-order valence-corrected chi connectivity index (χ2v) is 11.0. The van der Waals surface area contributed by atoms with Crippen LogP contribution in [0.25, 0.3) is 0 Å². The summed E-state index contributed by atoms with van der Waals surface area (Å²) in [6.45, 7) is 2.41. The number of hydrogen-bond acceptors (Lipinski definition) is 6. The van der Waals surface area contributed by atoms with E-state index in [1.807, 2.05) is 23.0 Å². The lowest BCUT2D eigenvalue weighted by atomic mass is 10.0. The molecule has 1 aromatic carbocycles. The van der Waals surface area contributed by atoms with Gasteiger partial charge in [0.25, 0.3) is 5.91 Å². The first-order chi connectivity index (χ1) is 14.2. The molecular weight excluding hydrogens is 472 g/mol. The second-order valence-electron chi connectivity index (χ2n) is 8.00. The van der Waals surface area contributed by atoms with Crippen molar-refractivity contribution >= 4 is 37.6 Å². The number of halogens is 1. The van der Waals surface area contributed by atoms with Crippen molar-refractivity contribution in [1.29, 1.82) is 0 Å². The molecular formula is C20H25BrN4O4S. The van der Waals surface area contributed by atoms with Gasteiger partial charge in [0.1, 0.15) is 5.70 Å². The highest BCUT2D eigenvalue weighted by molar-refractivity contribution is 9.10. The Labute approximate surface area is 185 Å². The largest absolute Gasteiger partial charge is 0.361 e. The first kappa shape index (κ1) is 21.2. The highest BCUT2D eigenvalue weighted by Crippen LogP contribution is 2.29. The minimum absolute atomic E-state index is 0.0291. The van der Waals surface area contributed by atoms with E-state index in [9.17, 15) is 18.0 Å². The highest BCUT2D eigenvalue weighted by Gasteiger charge is 2.41. The molecule has 2 fully saturated rings. The van der Waals surface area contributed by atoms with Crippen LogP contribution in [0, 0.1) is 0 Å². The van der Waals surface area contributed by atoms with Gasteiger partial charge < -0.3 is 19.6 Å². The van der Waals surface area contributed by atoms with Crippen LogP contribution in [-0.2, 0) is 19.4 Å². The first-order valence-corrected chi connectivity index (χ1v) is 12.4.